The third-order valence-electron chi connectivity index (χ3n) is 5.95. The number of aromatic amines is 1. The fraction of sp³-hybridized carbons (Fsp3) is 0.364. The van der Waals surface area contributed by atoms with Gasteiger partial charge >= 0.3 is 0 Å². The Hall–Kier alpha value is -3.14. The molecule has 1 aromatic heterocycles. The molecule has 168 valence electrons. The van der Waals surface area contributed by atoms with Crippen molar-refractivity contribution in [1.82, 2.24) is 9.97 Å². The molecule has 2 saturated heterocycles. The van der Waals surface area contributed by atoms with Crippen LogP contribution in [0.1, 0.15) is 18.0 Å². The number of H-pyrrole nitrogens is 1. The zero-order chi connectivity index (χ0) is 22.4. The van der Waals surface area contributed by atoms with Gasteiger partial charge in [0.1, 0.15) is 17.4 Å². The molecule has 0 radical (unpaired) electrons. The minimum atomic E-state index is -2.57. The van der Waals surface area contributed by atoms with Gasteiger partial charge in [-0.15, -0.1) is 0 Å². The van der Waals surface area contributed by atoms with Crippen molar-refractivity contribution in [2.45, 2.75) is 18.9 Å². The number of hydrogen-bond donors (Lipinski definition) is 1. The van der Waals surface area contributed by atoms with Crippen molar-refractivity contribution in [3.05, 3.63) is 53.9 Å². The van der Waals surface area contributed by atoms with Crippen molar-refractivity contribution >= 4 is 22.6 Å². The first kappa shape index (κ1) is 20.7. The summed E-state index contributed by atoms with van der Waals surface area (Å²) in [6.07, 6.45) is -1.60. The first-order valence-electron chi connectivity index (χ1n) is 10.2. The number of anilines is 1. The van der Waals surface area contributed by atoms with Gasteiger partial charge in [0.15, 0.2) is 0 Å². The van der Waals surface area contributed by atoms with Crippen LogP contribution >= 0.6 is 0 Å². The molecule has 32 heavy (non-hydrogen) atoms. The minimum Gasteiger partial charge on any atom is -0.493 e. The lowest BCUT2D eigenvalue weighted by Crippen LogP contribution is -2.61. The zero-order valence-corrected chi connectivity index (χ0v) is 16.7. The standard InChI is InChI=1S/C22H19F4N3O3/c23-14-6-13(32-4-3-18(25)26)7-15(24)20(14)21-19(11-8-31-9-11)22(30)29(21)12-1-2-16-17(5-12)28-10-27-16/h1-2,5-7,10-11,18-19,21H,3-4,8-9H2,(H,27,28)/t19?,21-/m1/s1. The molecule has 1 unspecified atom stereocenters. The Morgan fingerprint density at radius 1 is 1.19 bits per heavy atom. The molecule has 3 heterocycles. The molecule has 5 rings (SSSR count). The predicted molar refractivity (Wildman–Crippen MR) is 107 cm³/mol. The van der Waals surface area contributed by atoms with Gasteiger partial charge in [-0.1, -0.05) is 0 Å². The number of rotatable bonds is 7. The van der Waals surface area contributed by atoms with Crippen LogP contribution in [-0.2, 0) is 9.53 Å². The maximum atomic E-state index is 15.1. The summed E-state index contributed by atoms with van der Waals surface area (Å²) in [6, 6.07) is 6.18. The zero-order valence-electron chi connectivity index (χ0n) is 16.7. The molecular weight excluding hydrogens is 430 g/mol. The van der Waals surface area contributed by atoms with E-state index in [0.717, 1.165) is 12.1 Å². The number of imidazole rings is 1. The van der Waals surface area contributed by atoms with Crippen molar-refractivity contribution in [2.24, 2.45) is 11.8 Å². The fourth-order valence-corrected chi connectivity index (χ4v) is 4.29. The van der Waals surface area contributed by atoms with E-state index in [1.54, 1.807) is 18.2 Å². The molecule has 2 aliphatic rings. The van der Waals surface area contributed by atoms with Gasteiger partial charge in [0.05, 0.1) is 49.1 Å². The summed E-state index contributed by atoms with van der Waals surface area (Å²) >= 11 is 0. The molecule has 2 fully saturated rings. The third kappa shape index (κ3) is 3.48. The summed E-state index contributed by atoms with van der Waals surface area (Å²) in [5.41, 5.74) is 1.62. The lowest BCUT2D eigenvalue weighted by Gasteiger charge is -2.52. The molecular formula is C22H19F4N3O3. The third-order valence-corrected chi connectivity index (χ3v) is 5.95. The van der Waals surface area contributed by atoms with E-state index in [-0.39, 0.29) is 29.7 Å². The topological polar surface area (TPSA) is 67.5 Å². The maximum absolute atomic E-state index is 15.1. The summed E-state index contributed by atoms with van der Waals surface area (Å²) in [7, 11) is 0. The first-order chi connectivity index (χ1) is 15.4. The number of β-lactam (4-membered cyclic amide) rings is 1. The lowest BCUT2D eigenvalue weighted by molar-refractivity contribution is -0.145. The SMILES string of the molecule is O=C1C(C2COC2)[C@H](c2c(F)cc(OCCC(F)F)cc2F)N1c1ccc2nc[nH]c2c1. The van der Waals surface area contributed by atoms with E-state index in [4.69, 9.17) is 9.47 Å². The second-order valence-corrected chi connectivity index (χ2v) is 7.91. The van der Waals surface area contributed by atoms with Crippen molar-refractivity contribution in [1.29, 1.82) is 0 Å². The number of benzene rings is 2. The number of nitrogens with one attached hydrogen (secondary N) is 1. The van der Waals surface area contributed by atoms with Gasteiger partial charge in [0, 0.05) is 35.7 Å². The van der Waals surface area contributed by atoms with E-state index in [1.807, 2.05) is 0 Å². The molecule has 1 amide bonds. The van der Waals surface area contributed by atoms with E-state index in [2.05, 4.69) is 9.97 Å². The van der Waals surface area contributed by atoms with Crippen molar-refractivity contribution in [2.75, 3.05) is 24.7 Å². The van der Waals surface area contributed by atoms with E-state index >= 15 is 8.78 Å². The van der Waals surface area contributed by atoms with Crippen molar-refractivity contribution < 1.29 is 31.8 Å². The first-order valence-corrected chi connectivity index (χ1v) is 10.2. The van der Waals surface area contributed by atoms with Crippen LogP contribution < -0.4 is 9.64 Å². The van der Waals surface area contributed by atoms with Gasteiger partial charge < -0.3 is 19.4 Å². The van der Waals surface area contributed by atoms with Gasteiger partial charge in [0.2, 0.25) is 12.3 Å². The van der Waals surface area contributed by atoms with Gasteiger partial charge in [-0.25, -0.2) is 22.5 Å². The summed E-state index contributed by atoms with van der Waals surface area (Å²) in [5.74, 6) is -2.97. The highest BCUT2D eigenvalue weighted by Crippen LogP contribution is 2.50. The largest absolute Gasteiger partial charge is 0.493 e. The fourth-order valence-electron chi connectivity index (χ4n) is 4.29. The van der Waals surface area contributed by atoms with Crippen molar-refractivity contribution in [3.8, 4) is 5.75 Å². The Balaban J connectivity index is 1.49. The smallest absolute Gasteiger partial charge is 0.241 e. The molecule has 2 aliphatic heterocycles. The van der Waals surface area contributed by atoms with E-state index in [0.29, 0.717) is 29.9 Å². The number of ether oxygens (including phenoxy) is 2. The number of carbonyl (C=O) groups excluding carboxylic acids is 1. The predicted octanol–water partition coefficient (Wildman–Crippen LogP) is 4.23. The molecule has 0 saturated carbocycles. The van der Waals surface area contributed by atoms with Gasteiger partial charge in [0.25, 0.3) is 0 Å². The minimum absolute atomic E-state index is 0.139. The number of hydrogen-bond acceptors (Lipinski definition) is 4. The number of carbonyl (C=O) groups is 1. The highest BCUT2D eigenvalue weighted by atomic mass is 19.3. The van der Waals surface area contributed by atoms with E-state index in [9.17, 15) is 13.6 Å². The summed E-state index contributed by atoms with van der Waals surface area (Å²) < 4.78 is 65.1. The number of aromatic nitrogens is 2. The molecule has 2 aromatic carbocycles. The van der Waals surface area contributed by atoms with Crippen molar-refractivity contribution in [3.63, 3.8) is 0 Å². The quantitative estimate of drug-likeness (QED) is 0.433. The van der Waals surface area contributed by atoms with E-state index < -0.39 is 36.4 Å². The van der Waals surface area contributed by atoms with Crippen LogP contribution in [0.25, 0.3) is 11.0 Å². The highest BCUT2D eigenvalue weighted by molar-refractivity contribution is 6.04. The normalized spacial score (nSPS) is 21.2. The van der Waals surface area contributed by atoms with Crippen LogP contribution in [0.3, 0.4) is 0 Å². The van der Waals surface area contributed by atoms with Crippen LogP contribution in [0.2, 0.25) is 0 Å². The Morgan fingerprint density at radius 2 is 1.94 bits per heavy atom. The number of halogens is 4. The Morgan fingerprint density at radius 3 is 2.59 bits per heavy atom. The van der Waals surface area contributed by atoms with Crippen LogP contribution in [0, 0.1) is 23.5 Å². The molecule has 10 heteroatoms. The number of alkyl halides is 2. The number of amides is 1. The molecule has 6 nitrogen and oxygen atoms in total. The summed E-state index contributed by atoms with van der Waals surface area (Å²) in [5, 5.41) is 0. The Bertz CT molecular complexity index is 1140. The molecule has 0 bridgehead atoms. The lowest BCUT2D eigenvalue weighted by atomic mass is 9.72. The monoisotopic (exact) mass is 449 g/mol. The highest BCUT2D eigenvalue weighted by Gasteiger charge is 2.55. The molecule has 3 aromatic rings. The van der Waals surface area contributed by atoms with E-state index in [1.165, 1.54) is 11.2 Å². The van der Waals surface area contributed by atoms with Crippen LogP contribution in [0.5, 0.6) is 5.75 Å². The Labute approximate surface area is 180 Å². The number of fused-ring (bicyclic) bond motifs is 1. The summed E-state index contributed by atoms with van der Waals surface area (Å²) in [6.45, 7) is 0.326. The molecule has 0 aliphatic carbocycles. The van der Waals surface area contributed by atoms with Crippen LogP contribution in [-0.4, -0.2) is 42.1 Å². The Kier molecular flexibility index (Phi) is 5.24. The van der Waals surface area contributed by atoms with Crippen LogP contribution in [0.4, 0.5) is 23.2 Å². The number of nitrogens with zero attached hydrogens (tertiary/aromatic N) is 2. The average molecular weight is 449 g/mol. The summed E-state index contributed by atoms with van der Waals surface area (Å²) in [4.78, 5) is 21.5. The van der Waals surface area contributed by atoms with Gasteiger partial charge in [-0.05, 0) is 18.2 Å². The second kappa shape index (κ2) is 8.09. The molecule has 1 N–H and O–H groups in total. The average Bonchev–Trinajstić information content (AvgIpc) is 3.17. The molecule has 0 spiro atoms. The molecule has 2 atom stereocenters. The van der Waals surface area contributed by atoms with Gasteiger partial charge in [-0.2, -0.15) is 0 Å². The van der Waals surface area contributed by atoms with Gasteiger partial charge in [-0.3, -0.25) is 4.79 Å². The second-order valence-electron chi connectivity index (χ2n) is 7.91. The maximum Gasteiger partial charge on any atom is 0.241 e. The van der Waals surface area contributed by atoms with Crippen LogP contribution in [0.15, 0.2) is 36.7 Å².